The van der Waals surface area contributed by atoms with Crippen molar-refractivity contribution < 1.29 is 9.18 Å². The van der Waals surface area contributed by atoms with Gasteiger partial charge in [-0.2, -0.15) is 0 Å². The van der Waals surface area contributed by atoms with Crippen LogP contribution in [-0.2, 0) is 6.42 Å². The van der Waals surface area contributed by atoms with Crippen LogP contribution >= 0.6 is 0 Å². The topological polar surface area (TPSA) is 68.0 Å². The second kappa shape index (κ2) is 4.92. The molecule has 1 aliphatic carbocycles. The van der Waals surface area contributed by atoms with Crippen LogP contribution in [0.15, 0.2) is 36.7 Å². The van der Waals surface area contributed by atoms with E-state index in [2.05, 4.69) is 10.3 Å². The molecule has 102 valence electrons. The van der Waals surface area contributed by atoms with Gasteiger partial charge in [-0.1, -0.05) is 6.07 Å². The number of carbonyl (C=O) groups is 1. The van der Waals surface area contributed by atoms with Crippen LogP contribution in [0, 0.1) is 5.82 Å². The highest BCUT2D eigenvalue weighted by Crippen LogP contribution is 2.32. The van der Waals surface area contributed by atoms with Crippen molar-refractivity contribution in [2.75, 3.05) is 5.73 Å². The Hall–Kier alpha value is -2.43. The molecule has 0 aliphatic heterocycles. The Labute approximate surface area is 115 Å². The van der Waals surface area contributed by atoms with Crippen molar-refractivity contribution in [2.24, 2.45) is 0 Å². The number of fused-ring (bicyclic) bond motifs is 1. The molecule has 2 aromatic rings. The molecular weight excluding hydrogens is 257 g/mol. The minimum atomic E-state index is -0.516. The van der Waals surface area contributed by atoms with E-state index in [1.807, 2.05) is 18.2 Å². The minimum absolute atomic E-state index is 0.0543. The van der Waals surface area contributed by atoms with E-state index in [9.17, 15) is 9.18 Å². The SMILES string of the molecule is Nc1ccc2c(c1)CCC2NC(=O)c1cncc(F)c1. The number of carbonyl (C=O) groups excluding carboxylic acids is 1. The highest BCUT2D eigenvalue weighted by Gasteiger charge is 2.24. The molecule has 0 saturated heterocycles. The van der Waals surface area contributed by atoms with Crippen LogP contribution in [0.1, 0.15) is 33.9 Å². The third-order valence-electron chi connectivity index (χ3n) is 3.52. The number of nitrogen functional groups attached to an aromatic ring is 1. The zero-order valence-electron chi connectivity index (χ0n) is 10.8. The summed E-state index contributed by atoms with van der Waals surface area (Å²) >= 11 is 0. The molecule has 1 unspecified atom stereocenters. The number of aryl methyl sites for hydroxylation is 1. The molecule has 0 saturated carbocycles. The number of anilines is 1. The zero-order valence-corrected chi connectivity index (χ0v) is 10.8. The maximum absolute atomic E-state index is 13.1. The van der Waals surface area contributed by atoms with E-state index >= 15 is 0 Å². The summed E-state index contributed by atoms with van der Waals surface area (Å²) in [4.78, 5) is 15.8. The molecule has 20 heavy (non-hydrogen) atoms. The molecular formula is C15H14FN3O. The average molecular weight is 271 g/mol. The normalized spacial score (nSPS) is 16.8. The van der Waals surface area contributed by atoms with E-state index in [1.165, 1.54) is 12.3 Å². The molecule has 1 heterocycles. The Bertz CT molecular complexity index is 672. The lowest BCUT2D eigenvalue weighted by Gasteiger charge is -2.14. The van der Waals surface area contributed by atoms with Crippen LogP contribution in [0.25, 0.3) is 0 Å². The summed E-state index contributed by atoms with van der Waals surface area (Å²) in [6, 6.07) is 6.83. The van der Waals surface area contributed by atoms with Crippen molar-refractivity contribution in [2.45, 2.75) is 18.9 Å². The van der Waals surface area contributed by atoms with Gasteiger partial charge < -0.3 is 11.1 Å². The standard InChI is InChI=1S/C15H14FN3O/c16-11-5-10(7-18-8-11)15(20)19-14-4-1-9-6-12(17)2-3-13(9)14/h2-3,5-8,14H,1,4,17H2,(H,19,20). The Morgan fingerprint density at radius 1 is 1.35 bits per heavy atom. The largest absolute Gasteiger partial charge is 0.399 e. The summed E-state index contributed by atoms with van der Waals surface area (Å²) in [7, 11) is 0. The average Bonchev–Trinajstić information content (AvgIpc) is 2.81. The molecule has 0 fully saturated rings. The van der Waals surface area contributed by atoms with Crippen LogP contribution < -0.4 is 11.1 Å². The van der Waals surface area contributed by atoms with Gasteiger partial charge in [0.25, 0.3) is 5.91 Å². The molecule has 0 bridgehead atoms. The first-order chi connectivity index (χ1) is 9.63. The van der Waals surface area contributed by atoms with Gasteiger partial charge in [0.05, 0.1) is 17.8 Å². The number of aromatic nitrogens is 1. The minimum Gasteiger partial charge on any atom is -0.399 e. The molecule has 5 heteroatoms. The number of hydrogen-bond donors (Lipinski definition) is 2. The molecule has 1 amide bonds. The summed E-state index contributed by atoms with van der Waals surface area (Å²) in [5, 5.41) is 2.91. The highest BCUT2D eigenvalue weighted by atomic mass is 19.1. The predicted octanol–water partition coefficient (Wildman–Crippen LogP) is 2.22. The fourth-order valence-electron chi connectivity index (χ4n) is 2.57. The van der Waals surface area contributed by atoms with Gasteiger partial charge in [0.15, 0.2) is 0 Å². The quantitative estimate of drug-likeness (QED) is 0.823. The maximum atomic E-state index is 13.1. The lowest BCUT2D eigenvalue weighted by molar-refractivity contribution is 0.0936. The number of hydrogen-bond acceptors (Lipinski definition) is 3. The van der Waals surface area contributed by atoms with Gasteiger partial charge in [-0.25, -0.2) is 4.39 Å². The van der Waals surface area contributed by atoms with Gasteiger partial charge in [0, 0.05) is 11.9 Å². The van der Waals surface area contributed by atoms with E-state index in [4.69, 9.17) is 5.73 Å². The smallest absolute Gasteiger partial charge is 0.253 e. The highest BCUT2D eigenvalue weighted by molar-refractivity contribution is 5.94. The number of halogens is 1. The van der Waals surface area contributed by atoms with Crippen molar-refractivity contribution in [3.8, 4) is 0 Å². The molecule has 0 radical (unpaired) electrons. The van der Waals surface area contributed by atoms with Gasteiger partial charge in [0.1, 0.15) is 5.82 Å². The Balaban J connectivity index is 1.79. The second-order valence-electron chi connectivity index (χ2n) is 4.91. The van der Waals surface area contributed by atoms with Crippen molar-refractivity contribution >= 4 is 11.6 Å². The van der Waals surface area contributed by atoms with Crippen molar-refractivity contribution in [3.63, 3.8) is 0 Å². The first kappa shape index (κ1) is 12.6. The lowest BCUT2D eigenvalue weighted by Crippen LogP contribution is -2.27. The molecule has 1 aliphatic rings. The van der Waals surface area contributed by atoms with Gasteiger partial charge >= 0.3 is 0 Å². The predicted molar refractivity (Wildman–Crippen MR) is 73.6 cm³/mol. The summed E-state index contributed by atoms with van der Waals surface area (Å²) in [5.41, 5.74) is 8.95. The fourth-order valence-corrected chi connectivity index (χ4v) is 2.57. The molecule has 4 nitrogen and oxygen atoms in total. The number of rotatable bonds is 2. The number of amides is 1. The Morgan fingerprint density at radius 2 is 2.20 bits per heavy atom. The summed E-state index contributed by atoms with van der Waals surface area (Å²) < 4.78 is 13.1. The van der Waals surface area contributed by atoms with E-state index in [1.54, 1.807) is 0 Å². The number of nitrogens with zero attached hydrogens (tertiary/aromatic N) is 1. The van der Waals surface area contributed by atoms with Crippen LogP contribution in [0.4, 0.5) is 10.1 Å². The second-order valence-corrected chi connectivity index (χ2v) is 4.91. The number of nitrogens with two attached hydrogens (primary N) is 1. The van der Waals surface area contributed by atoms with E-state index in [-0.39, 0.29) is 17.5 Å². The molecule has 3 rings (SSSR count). The van der Waals surface area contributed by atoms with Gasteiger partial charge in [0.2, 0.25) is 0 Å². The number of pyridine rings is 1. The summed E-state index contributed by atoms with van der Waals surface area (Å²) in [5.74, 6) is -0.830. The van der Waals surface area contributed by atoms with E-state index < -0.39 is 5.82 Å². The molecule has 1 atom stereocenters. The Morgan fingerprint density at radius 3 is 3.00 bits per heavy atom. The van der Waals surface area contributed by atoms with Crippen LogP contribution in [0.3, 0.4) is 0 Å². The molecule has 0 spiro atoms. The number of nitrogens with one attached hydrogen (secondary N) is 1. The van der Waals surface area contributed by atoms with Crippen molar-refractivity contribution in [1.82, 2.24) is 10.3 Å². The van der Waals surface area contributed by atoms with Gasteiger partial charge in [-0.15, -0.1) is 0 Å². The van der Waals surface area contributed by atoms with Crippen molar-refractivity contribution in [1.29, 1.82) is 0 Å². The fraction of sp³-hybridized carbons (Fsp3) is 0.200. The molecule has 3 N–H and O–H groups in total. The first-order valence-electron chi connectivity index (χ1n) is 6.43. The monoisotopic (exact) mass is 271 g/mol. The summed E-state index contributed by atoms with van der Waals surface area (Å²) in [6.45, 7) is 0. The Kier molecular flexibility index (Phi) is 3.10. The van der Waals surface area contributed by atoms with Crippen LogP contribution in [0.5, 0.6) is 0 Å². The third kappa shape index (κ3) is 2.34. The maximum Gasteiger partial charge on any atom is 0.253 e. The van der Waals surface area contributed by atoms with Gasteiger partial charge in [-0.3, -0.25) is 9.78 Å². The van der Waals surface area contributed by atoms with E-state index in [0.29, 0.717) is 0 Å². The summed E-state index contributed by atoms with van der Waals surface area (Å²) in [6.07, 6.45) is 4.14. The van der Waals surface area contributed by atoms with Gasteiger partial charge in [-0.05, 0) is 42.2 Å². The third-order valence-corrected chi connectivity index (χ3v) is 3.52. The molecule has 1 aromatic heterocycles. The van der Waals surface area contributed by atoms with Crippen LogP contribution in [0.2, 0.25) is 0 Å². The van der Waals surface area contributed by atoms with Crippen molar-refractivity contribution in [3.05, 3.63) is 59.2 Å². The van der Waals surface area contributed by atoms with E-state index in [0.717, 1.165) is 35.9 Å². The molecule has 1 aromatic carbocycles. The van der Waals surface area contributed by atoms with Crippen LogP contribution in [-0.4, -0.2) is 10.9 Å². The lowest BCUT2D eigenvalue weighted by atomic mass is 10.1. The number of benzene rings is 1. The first-order valence-corrected chi connectivity index (χ1v) is 6.43. The zero-order chi connectivity index (χ0) is 14.1.